The van der Waals surface area contributed by atoms with Crippen LogP contribution in [0.5, 0.6) is 0 Å². The summed E-state index contributed by atoms with van der Waals surface area (Å²) in [6, 6.07) is 13.8. The topological polar surface area (TPSA) is 12.0 Å². The third-order valence-electron chi connectivity index (χ3n) is 4.49. The van der Waals surface area contributed by atoms with E-state index in [4.69, 9.17) is 0 Å². The number of rotatable bonds is 4. The number of anilines is 1. The van der Waals surface area contributed by atoms with Gasteiger partial charge in [0.2, 0.25) is 0 Å². The van der Waals surface area contributed by atoms with Crippen LogP contribution in [0.1, 0.15) is 22.3 Å². The Hall–Kier alpha value is -1.95. The molecule has 3 rings (SSSR count). The number of hydrogen-bond donors (Lipinski definition) is 1. The van der Waals surface area contributed by atoms with Gasteiger partial charge >= 0.3 is 0 Å². The molecule has 0 bridgehead atoms. The second-order valence-electron chi connectivity index (χ2n) is 6.51. The lowest BCUT2D eigenvalue weighted by atomic mass is 9.99. The van der Waals surface area contributed by atoms with Crippen LogP contribution in [-0.2, 0) is 6.54 Å². The molecule has 0 fully saturated rings. The Morgan fingerprint density at radius 3 is 2.46 bits per heavy atom. The lowest BCUT2D eigenvalue weighted by Gasteiger charge is -2.16. The summed E-state index contributed by atoms with van der Waals surface area (Å²) in [6.45, 7) is 6.39. The van der Waals surface area contributed by atoms with Gasteiger partial charge < -0.3 is 5.32 Å². The Labute approximate surface area is 166 Å². The molecule has 134 valence electrons. The normalized spacial score (nSPS) is 10.8. The third kappa shape index (κ3) is 3.90. The number of benzene rings is 3. The molecule has 4 heteroatoms. The van der Waals surface area contributed by atoms with Crippen LogP contribution < -0.4 is 5.32 Å². The first-order valence-corrected chi connectivity index (χ1v) is 9.49. The van der Waals surface area contributed by atoms with Gasteiger partial charge in [-0.3, -0.25) is 0 Å². The van der Waals surface area contributed by atoms with E-state index in [1.165, 1.54) is 15.7 Å². The maximum absolute atomic E-state index is 15.1. The van der Waals surface area contributed by atoms with Crippen molar-refractivity contribution in [3.05, 3.63) is 86.0 Å². The fourth-order valence-corrected chi connectivity index (χ4v) is 3.57. The molecule has 1 N–H and O–H groups in total. The molecule has 0 aromatic heterocycles. The largest absolute Gasteiger partial charge is 0.380 e. The van der Waals surface area contributed by atoms with Crippen molar-refractivity contribution in [3.8, 4) is 11.1 Å². The average molecular weight is 463 g/mol. The molecule has 0 aliphatic carbocycles. The maximum Gasteiger partial charge on any atom is 0.136 e. The van der Waals surface area contributed by atoms with E-state index < -0.39 is 0 Å². The van der Waals surface area contributed by atoms with E-state index in [0.29, 0.717) is 23.2 Å². The van der Waals surface area contributed by atoms with Crippen LogP contribution in [0.15, 0.2) is 48.5 Å². The summed E-state index contributed by atoms with van der Waals surface area (Å²) >= 11 is 2.30. The Kier molecular flexibility index (Phi) is 5.61. The molecule has 3 aromatic rings. The van der Waals surface area contributed by atoms with Crippen molar-refractivity contribution in [1.82, 2.24) is 0 Å². The highest BCUT2D eigenvalue weighted by atomic mass is 127. The monoisotopic (exact) mass is 463 g/mol. The average Bonchev–Trinajstić information content (AvgIpc) is 2.60. The lowest BCUT2D eigenvalue weighted by Crippen LogP contribution is -2.07. The minimum atomic E-state index is -0.367. The number of nitrogens with one attached hydrogen (secondary N) is 1. The van der Waals surface area contributed by atoms with E-state index in [-0.39, 0.29) is 11.6 Å². The fourth-order valence-electron chi connectivity index (χ4n) is 3.12. The molecule has 0 radical (unpaired) electrons. The number of aryl methyl sites for hydroxylation is 2. The van der Waals surface area contributed by atoms with Gasteiger partial charge in [0.05, 0.1) is 0 Å². The summed E-state index contributed by atoms with van der Waals surface area (Å²) in [6.07, 6.45) is 0. The molecule has 3 aromatic carbocycles. The molecule has 0 saturated heterocycles. The second kappa shape index (κ2) is 7.74. The predicted octanol–water partition coefficient (Wildman–Crippen LogP) is 6.77. The number of hydrogen-bond acceptors (Lipinski definition) is 1. The molecule has 26 heavy (non-hydrogen) atoms. The van der Waals surface area contributed by atoms with Crippen LogP contribution in [0.2, 0.25) is 0 Å². The van der Waals surface area contributed by atoms with E-state index in [1.807, 2.05) is 19.9 Å². The summed E-state index contributed by atoms with van der Waals surface area (Å²) in [5, 5.41) is 3.38. The van der Waals surface area contributed by atoms with Crippen LogP contribution in [0.3, 0.4) is 0 Å². The zero-order valence-electron chi connectivity index (χ0n) is 15.0. The van der Waals surface area contributed by atoms with Crippen LogP contribution in [-0.4, -0.2) is 0 Å². The van der Waals surface area contributed by atoms with Crippen LogP contribution in [0.25, 0.3) is 11.1 Å². The summed E-state index contributed by atoms with van der Waals surface area (Å²) in [5.41, 5.74) is 5.81. The van der Waals surface area contributed by atoms with Crippen LogP contribution in [0, 0.1) is 36.0 Å². The van der Waals surface area contributed by atoms with Gasteiger partial charge in [0.15, 0.2) is 0 Å². The highest BCUT2D eigenvalue weighted by Gasteiger charge is 2.13. The van der Waals surface area contributed by atoms with E-state index in [2.05, 4.69) is 47.0 Å². The van der Waals surface area contributed by atoms with Crippen molar-refractivity contribution in [2.24, 2.45) is 0 Å². The molecule has 0 amide bonds. The van der Waals surface area contributed by atoms with E-state index in [9.17, 15) is 4.39 Å². The van der Waals surface area contributed by atoms with Gasteiger partial charge in [-0.2, -0.15) is 0 Å². The molecule has 0 spiro atoms. The quantitative estimate of drug-likeness (QED) is 0.421. The zero-order chi connectivity index (χ0) is 18.8. The van der Waals surface area contributed by atoms with E-state index >= 15 is 4.39 Å². The zero-order valence-corrected chi connectivity index (χ0v) is 17.1. The molecule has 0 saturated carbocycles. The summed E-state index contributed by atoms with van der Waals surface area (Å²) in [7, 11) is 0. The highest BCUT2D eigenvalue weighted by molar-refractivity contribution is 14.1. The Bertz CT molecular complexity index is 967. The molecule has 0 aliphatic rings. The first-order valence-electron chi connectivity index (χ1n) is 8.41. The molecule has 0 atom stereocenters. The van der Waals surface area contributed by atoms with E-state index in [0.717, 1.165) is 22.4 Å². The predicted molar refractivity (Wildman–Crippen MR) is 112 cm³/mol. The fraction of sp³-hybridized carbons (Fsp3) is 0.182. The highest BCUT2D eigenvalue weighted by Crippen LogP contribution is 2.29. The minimum Gasteiger partial charge on any atom is -0.380 e. The maximum atomic E-state index is 15.1. The standard InChI is InChI=1S/C22H20F2IN/c1-13-9-17(12-26-22-14(2)7-8-20(25)15(22)3)21(24)19(10-13)16-5-4-6-18(23)11-16/h4-11,26H,12H2,1-3H3. The first kappa shape index (κ1) is 18.8. The Morgan fingerprint density at radius 1 is 0.962 bits per heavy atom. The van der Waals surface area contributed by atoms with Gasteiger partial charge in [0.25, 0.3) is 0 Å². The molecular formula is C22H20F2IN. The molecule has 0 unspecified atom stereocenters. The first-order chi connectivity index (χ1) is 12.4. The van der Waals surface area contributed by atoms with Gasteiger partial charge in [0, 0.05) is 26.9 Å². The molecule has 1 nitrogen and oxygen atoms in total. The minimum absolute atomic E-state index is 0.311. The van der Waals surface area contributed by atoms with Gasteiger partial charge in [-0.1, -0.05) is 24.3 Å². The molecule has 0 aliphatic heterocycles. The van der Waals surface area contributed by atoms with Crippen molar-refractivity contribution in [1.29, 1.82) is 0 Å². The van der Waals surface area contributed by atoms with Crippen molar-refractivity contribution in [2.75, 3.05) is 5.32 Å². The Morgan fingerprint density at radius 2 is 1.73 bits per heavy atom. The van der Waals surface area contributed by atoms with Gasteiger partial charge in [-0.15, -0.1) is 0 Å². The SMILES string of the molecule is Cc1cc(CNc2c(C)ccc(I)c2C)c(F)c(-c2cccc(F)c2)c1. The second-order valence-corrected chi connectivity index (χ2v) is 7.68. The van der Waals surface area contributed by atoms with Crippen molar-refractivity contribution >= 4 is 28.3 Å². The van der Waals surface area contributed by atoms with Crippen molar-refractivity contribution < 1.29 is 8.78 Å². The van der Waals surface area contributed by atoms with Crippen LogP contribution in [0.4, 0.5) is 14.5 Å². The molecule has 0 heterocycles. The van der Waals surface area contributed by atoms with Gasteiger partial charge in [-0.05, 0) is 89.9 Å². The van der Waals surface area contributed by atoms with Gasteiger partial charge in [0.1, 0.15) is 11.6 Å². The smallest absolute Gasteiger partial charge is 0.136 e. The van der Waals surface area contributed by atoms with Crippen molar-refractivity contribution in [2.45, 2.75) is 27.3 Å². The van der Waals surface area contributed by atoms with E-state index in [1.54, 1.807) is 18.2 Å². The summed E-state index contributed by atoms with van der Waals surface area (Å²) < 4.78 is 29.8. The Balaban J connectivity index is 1.96. The van der Waals surface area contributed by atoms with Crippen molar-refractivity contribution in [3.63, 3.8) is 0 Å². The van der Waals surface area contributed by atoms with Crippen LogP contribution >= 0.6 is 22.6 Å². The van der Waals surface area contributed by atoms with Gasteiger partial charge in [-0.25, -0.2) is 8.78 Å². The third-order valence-corrected chi connectivity index (χ3v) is 5.66. The lowest BCUT2D eigenvalue weighted by molar-refractivity contribution is 0.614. The number of halogens is 3. The summed E-state index contributed by atoms with van der Waals surface area (Å²) in [4.78, 5) is 0. The summed E-state index contributed by atoms with van der Waals surface area (Å²) in [5.74, 6) is -0.678. The molecular weight excluding hydrogens is 443 g/mol.